The van der Waals surface area contributed by atoms with Crippen molar-refractivity contribution in [2.24, 2.45) is 0 Å². The Morgan fingerprint density at radius 3 is 2.12 bits per heavy atom. The van der Waals surface area contributed by atoms with Gasteiger partial charge in [0, 0.05) is 40.0 Å². The molecule has 7 nitrogen and oxygen atoms in total. The van der Waals surface area contributed by atoms with E-state index in [2.05, 4.69) is 39.8 Å². The van der Waals surface area contributed by atoms with Gasteiger partial charge < -0.3 is 15.5 Å². The zero-order valence-electron chi connectivity index (χ0n) is 25.0. The van der Waals surface area contributed by atoms with E-state index < -0.39 is 11.6 Å². The molecule has 1 fully saturated rings. The quantitative estimate of drug-likeness (QED) is 0.288. The Morgan fingerprint density at radius 2 is 1.44 bits per heavy atom. The number of hydrogen-bond donors (Lipinski definition) is 2. The van der Waals surface area contributed by atoms with Crippen molar-refractivity contribution in [3.63, 3.8) is 0 Å². The van der Waals surface area contributed by atoms with E-state index >= 15 is 0 Å². The molecule has 222 valence electrons. The molecule has 0 spiro atoms. The average molecular weight is 577 g/mol. The molecule has 1 aliphatic rings. The summed E-state index contributed by atoms with van der Waals surface area (Å²) in [5, 5.41) is 8.49. The lowest BCUT2D eigenvalue weighted by Crippen LogP contribution is -2.55. The number of carbonyl (C=O) groups is 3. The molecule has 0 unspecified atom stereocenters. The third kappa shape index (κ3) is 7.67. The number of nitrogens with zero attached hydrogens (tertiary/aromatic N) is 2. The molecule has 1 heterocycles. The Kier molecular flexibility index (Phi) is 9.52. The first-order chi connectivity index (χ1) is 20.8. The molecule has 0 bridgehead atoms. The molecular formula is C36H40N4O3. The number of amides is 3. The summed E-state index contributed by atoms with van der Waals surface area (Å²) in [6.45, 7) is 3.50. The summed E-state index contributed by atoms with van der Waals surface area (Å²) < 4.78 is 0. The second kappa shape index (κ2) is 13.7. The van der Waals surface area contributed by atoms with Gasteiger partial charge in [-0.2, -0.15) is 0 Å². The SMILES string of the molecule is CC(=O)NC1(c2ccccc2)CCN(CC(=O)N[C@@H](Cc2ccc3ccccc3c2)C(=O)N(C)Cc2ccccc2)CC1. The molecule has 0 saturated carbocycles. The molecule has 1 atom stereocenters. The van der Waals surface area contributed by atoms with Gasteiger partial charge in [0.1, 0.15) is 6.04 Å². The number of hydrogen-bond acceptors (Lipinski definition) is 4. The van der Waals surface area contributed by atoms with E-state index in [0.29, 0.717) is 38.9 Å². The molecule has 7 heteroatoms. The second-order valence-electron chi connectivity index (χ2n) is 11.6. The third-order valence-electron chi connectivity index (χ3n) is 8.34. The summed E-state index contributed by atoms with van der Waals surface area (Å²) in [5.41, 5.74) is 2.65. The minimum Gasteiger partial charge on any atom is -0.347 e. The number of piperidine rings is 1. The molecule has 0 radical (unpaired) electrons. The fraction of sp³-hybridized carbons (Fsp3) is 0.306. The molecule has 1 aliphatic heterocycles. The summed E-state index contributed by atoms with van der Waals surface area (Å²) in [7, 11) is 1.78. The van der Waals surface area contributed by atoms with E-state index in [4.69, 9.17) is 0 Å². The molecule has 4 aromatic carbocycles. The maximum Gasteiger partial charge on any atom is 0.245 e. The van der Waals surface area contributed by atoms with E-state index in [-0.39, 0.29) is 24.3 Å². The predicted molar refractivity (Wildman–Crippen MR) is 170 cm³/mol. The van der Waals surface area contributed by atoms with Crippen LogP contribution in [0.25, 0.3) is 10.8 Å². The molecule has 1 saturated heterocycles. The van der Waals surface area contributed by atoms with E-state index in [9.17, 15) is 14.4 Å². The molecule has 5 rings (SSSR count). The second-order valence-corrected chi connectivity index (χ2v) is 11.6. The highest BCUT2D eigenvalue weighted by Crippen LogP contribution is 2.33. The topological polar surface area (TPSA) is 81.8 Å². The van der Waals surface area contributed by atoms with Crippen molar-refractivity contribution in [1.82, 2.24) is 20.4 Å². The fourth-order valence-electron chi connectivity index (χ4n) is 6.12. The summed E-state index contributed by atoms with van der Waals surface area (Å²) in [5.74, 6) is -0.374. The zero-order valence-corrected chi connectivity index (χ0v) is 25.0. The first-order valence-corrected chi connectivity index (χ1v) is 14.9. The average Bonchev–Trinajstić information content (AvgIpc) is 3.02. The number of likely N-dealkylation sites (tertiary alicyclic amines) is 1. The van der Waals surface area contributed by atoms with Gasteiger partial charge in [0.15, 0.2) is 0 Å². The van der Waals surface area contributed by atoms with Crippen molar-refractivity contribution in [1.29, 1.82) is 0 Å². The first-order valence-electron chi connectivity index (χ1n) is 14.9. The zero-order chi connectivity index (χ0) is 30.2. The summed E-state index contributed by atoms with van der Waals surface area (Å²) in [6, 6.07) is 33.5. The van der Waals surface area contributed by atoms with Crippen molar-refractivity contribution >= 4 is 28.5 Å². The van der Waals surface area contributed by atoms with Crippen LogP contribution in [0.4, 0.5) is 0 Å². The number of likely N-dealkylation sites (N-methyl/N-ethyl adjacent to an activating group) is 1. The van der Waals surface area contributed by atoms with Gasteiger partial charge in [-0.3, -0.25) is 19.3 Å². The molecule has 2 N–H and O–H groups in total. The van der Waals surface area contributed by atoms with Gasteiger partial charge in [0.25, 0.3) is 0 Å². The van der Waals surface area contributed by atoms with Gasteiger partial charge in [-0.15, -0.1) is 0 Å². The molecule has 43 heavy (non-hydrogen) atoms. The molecule has 0 aliphatic carbocycles. The number of nitrogens with one attached hydrogen (secondary N) is 2. The lowest BCUT2D eigenvalue weighted by Gasteiger charge is -2.42. The minimum absolute atomic E-state index is 0.0651. The summed E-state index contributed by atoms with van der Waals surface area (Å²) >= 11 is 0. The van der Waals surface area contributed by atoms with Gasteiger partial charge in [0.2, 0.25) is 17.7 Å². The summed E-state index contributed by atoms with van der Waals surface area (Å²) in [6.07, 6.45) is 1.79. The van der Waals surface area contributed by atoms with Crippen LogP contribution >= 0.6 is 0 Å². The number of fused-ring (bicyclic) bond motifs is 1. The van der Waals surface area contributed by atoms with Gasteiger partial charge in [0.05, 0.1) is 12.1 Å². The van der Waals surface area contributed by atoms with E-state index in [0.717, 1.165) is 27.5 Å². The van der Waals surface area contributed by atoms with Gasteiger partial charge >= 0.3 is 0 Å². The standard InChI is InChI=1S/C36H40N4O3/c1-27(41)38-36(32-15-7-4-8-16-32)19-21-40(22-20-36)26-34(42)37-33(35(43)39(2)25-28-11-5-3-6-12-28)24-29-17-18-30-13-9-10-14-31(30)23-29/h3-18,23,33H,19-22,24-26H2,1-2H3,(H,37,42)(H,38,41)/t33-/m0/s1. The van der Waals surface area contributed by atoms with Crippen molar-refractivity contribution in [3.8, 4) is 0 Å². The highest BCUT2D eigenvalue weighted by molar-refractivity contribution is 5.89. The normalized spacial score (nSPS) is 15.4. The molecule has 0 aromatic heterocycles. The molecule has 4 aromatic rings. The monoisotopic (exact) mass is 576 g/mol. The highest BCUT2D eigenvalue weighted by atomic mass is 16.2. The van der Waals surface area contributed by atoms with Crippen LogP contribution in [0.3, 0.4) is 0 Å². The van der Waals surface area contributed by atoms with Crippen molar-refractivity contribution in [2.75, 3.05) is 26.7 Å². The maximum atomic E-state index is 13.7. The Balaban J connectivity index is 1.27. The Bertz CT molecular complexity index is 1550. The lowest BCUT2D eigenvalue weighted by molar-refractivity contribution is -0.136. The molecular weight excluding hydrogens is 536 g/mol. The van der Waals surface area contributed by atoms with Crippen LogP contribution in [0, 0.1) is 0 Å². The van der Waals surface area contributed by atoms with E-state index in [1.807, 2.05) is 78.9 Å². The lowest BCUT2D eigenvalue weighted by atomic mass is 9.80. The summed E-state index contributed by atoms with van der Waals surface area (Å²) in [4.78, 5) is 43.1. The van der Waals surface area contributed by atoms with Crippen LogP contribution in [0.5, 0.6) is 0 Å². The minimum atomic E-state index is -0.699. The Morgan fingerprint density at radius 1 is 0.814 bits per heavy atom. The van der Waals surface area contributed by atoms with Crippen LogP contribution in [0.2, 0.25) is 0 Å². The van der Waals surface area contributed by atoms with Crippen molar-refractivity contribution in [3.05, 3.63) is 120 Å². The largest absolute Gasteiger partial charge is 0.347 e. The first kappa shape index (κ1) is 30.0. The van der Waals surface area contributed by atoms with Crippen LogP contribution in [-0.2, 0) is 32.9 Å². The van der Waals surface area contributed by atoms with Gasteiger partial charge in [-0.1, -0.05) is 103 Å². The van der Waals surface area contributed by atoms with Crippen LogP contribution < -0.4 is 10.6 Å². The van der Waals surface area contributed by atoms with Crippen LogP contribution in [-0.4, -0.2) is 60.2 Å². The Hall–Kier alpha value is -4.49. The fourth-order valence-corrected chi connectivity index (χ4v) is 6.12. The number of benzene rings is 4. The maximum absolute atomic E-state index is 13.7. The number of carbonyl (C=O) groups excluding carboxylic acids is 3. The van der Waals surface area contributed by atoms with Crippen LogP contribution in [0.1, 0.15) is 36.5 Å². The van der Waals surface area contributed by atoms with E-state index in [1.54, 1.807) is 18.9 Å². The Labute approximate surface area is 253 Å². The third-order valence-corrected chi connectivity index (χ3v) is 8.34. The van der Waals surface area contributed by atoms with Crippen molar-refractivity contribution in [2.45, 2.75) is 44.3 Å². The number of rotatable bonds is 10. The van der Waals surface area contributed by atoms with Crippen molar-refractivity contribution < 1.29 is 14.4 Å². The highest BCUT2D eigenvalue weighted by Gasteiger charge is 2.37. The predicted octanol–water partition coefficient (Wildman–Crippen LogP) is 4.65. The van der Waals surface area contributed by atoms with Crippen LogP contribution in [0.15, 0.2) is 103 Å². The smallest absolute Gasteiger partial charge is 0.245 e. The van der Waals surface area contributed by atoms with Gasteiger partial charge in [-0.05, 0) is 40.3 Å². The van der Waals surface area contributed by atoms with Gasteiger partial charge in [-0.25, -0.2) is 0 Å². The van der Waals surface area contributed by atoms with E-state index in [1.165, 1.54) is 0 Å². The molecule has 3 amide bonds.